The fourth-order valence-electron chi connectivity index (χ4n) is 3.25. The SMILES string of the molecule is CCCC1CCC(Cc2ccc(Br)cn2)(C(=O)O)CC1. The second-order valence-electron chi connectivity index (χ2n) is 5.96. The van der Waals surface area contributed by atoms with Gasteiger partial charge >= 0.3 is 5.97 Å². The van der Waals surface area contributed by atoms with Crippen molar-refractivity contribution >= 4 is 21.9 Å². The number of carboxylic acid groups (broad SMARTS) is 1. The minimum absolute atomic E-state index is 0.550. The molecule has 1 aromatic rings. The van der Waals surface area contributed by atoms with Crippen LogP contribution in [0, 0.1) is 11.3 Å². The number of rotatable bonds is 5. The molecule has 4 heteroatoms. The van der Waals surface area contributed by atoms with Crippen molar-refractivity contribution in [1.82, 2.24) is 4.98 Å². The highest BCUT2D eigenvalue weighted by Gasteiger charge is 2.42. The number of aromatic nitrogens is 1. The summed E-state index contributed by atoms with van der Waals surface area (Å²) in [6.45, 7) is 2.20. The highest BCUT2D eigenvalue weighted by molar-refractivity contribution is 9.10. The van der Waals surface area contributed by atoms with Crippen LogP contribution in [0.5, 0.6) is 0 Å². The summed E-state index contributed by atoms with van der Waals surface area (Å²) in [5.74, 6) is 0.0579. The van der Waals surface area contributed by atoms with Gasteiger partial charge in [0, 0.05) is 22.8 Å². The Bertz CT molecular complexity index is 450. The Morgan fingerprint density at radius 1 is 1.45 bits per heavy atom. The highest BCUT2D eigenvalue weighted by Crippen LogP contribution is 2.42. The van der Waals surface area contributed by atoms with Crippen molar-refractivity contribution in [2.75, 3.05) is 0 Å². The molecule has 1 aliphatic rings. The van der Waals surface area contributed by atoms with Crippen LogP contribution in [0.15, 0.2) is 22.8 Å². The van der Waals surface area contributed by atoms with Crippen LogP contribution in [0.3, 0.4) is 0 Å². The van der Waals surface area contributed by atoms with E-state index in [1.54, 1.807) is 6.20 Å². The largest absolute Gasteiger partial charge is 0.481 e. The number of hydrogen-bond donors (Lipinski definition) is 1. The number of carbonyl (C=O) groups is 1. The average molecular weight is 340 g/mol. The van der Waals surface area contributed by atoms with Crippen molar-refractivity contribution in [3.63, 3.8) is 0 Å². The van der Waals surface area contributed by atoms with Gasteiger partial charge in [-0.2, -0.15) is 0 Å². The molecule has 0 atom stereocenters. The Labute approximate surface area is 128 Å². The molecule has 3 nitrogen and oxygen atoms in total. The summed E-state index contributed by atoms with van der Waals surface area (Å²) in [5, 5.41) is 9.68. The van der Waals surface area contributed by atoms with Gasteiger partial charge in [-0.1, -0.05) is 19.8 Å². The topological polar surface area (TPSA) is 50.2 Å². The van der Waals surface area contributed by atoms with E-state index < -0.39 is 11.4 Å². The third-order valence-corrected chi connectivity index (χ3v) is 4.99. The lowest BCUT2D eigenvalue weighted by Gasteiger charge is -2.36. The zero-order chi connectivity index (χ0) is 14.6. The lowest BCUT2D eigenvalue weighted by Crippen LogP contribution is -2.37. The molecule has 1 aliphatic carbocycles. The summed E-state index contributed by atoms with van der Waals surface area (Å²) in [6, 6.07) is 3.85. The molecule has 0 saturated heterocycles. The van der Waals surface area contributed by atoms with Gasteiger partial charge in [0.25, 0.3) is 0 Å². The van der Waals surface area contributed by atoms with Gasteiger partial charge in [-0.25, -0.2) is 0 Å². The molecule has 1 fully saturated rings. The molecule has 0 radical (unpaired) electrons. The van der Waals surface area contributed by atoms with Crippen molar-refractivity contribution in [3.05, 3.63) is 28.5 Å². The van der Waals surface area contributed by atoms with Crippen LogP contribution < -0.4 is 0 Å². The van der Waals surface area contributed by atoms with E-state index in [2.05, 4.69) is 27.8 Å². The van der Waals surface area contributed by atoms with E-state index in [-0.39, 0.29) is 0 Å². The van der Waals surface area contributed by atoms with Crippen LogP contribution >= 0.6 is 15.9 Å². The minimum atomic E-state index is -0.655. The molecule has 110 valence electrons. The highest BCUT2D eigenvalue weighted by atomic mass is 79.9. The minimum Gasteiger partial charge on any atom is -0.481 e. The van der Waals surface area contributed by atoms with Crippen LogP contribution in [0.1, 0.15) is 51.1 Å². The number of halogens is 1. The Morgan fingerprint density at radius 3 is 2.65 bits per heavy atom. The molecule has 1 aromatic heterocycles. The van der Waals surface area contributed by atoms with Crippen LogP contribution in [-0.4, -0.2) is 16.1 Å². The van der Waals surface area contributed by atoms with Crippen LogP contribution in [0.2, 0.25) is 0 Å². The normalized spacial score (nSPS) is 26.4. The summed E-state index contributed by atoms with van der Waals surface area (Å²) in [5.41, 5.74) is 0.273. The molecular formula is C16H22BrNO2. The number of hydrogen-bond acceptors (Lipinski definition) is 2. The molecule has 0 aromatic carbocycles. The third-order valence-electron chi connectivity index (χ3n) is 4.52. The number of nitrogens with zero attached hydrogens (tertiary/aromatic N) is 1. The Kier molecular flexibility index (Phi) is 5.19. The predicted molar refractivity (Wildman–Crippen MR) is 82.6 cm³/mol. The smallest absolute Gasteiger partial charge is 0.310 e. The van der Waals surface area contributed by atoms with Gasteiger partial charge in [-0.15, -0.1) is 0 Å². The van der Waals surface area contributed by atoms with Crippen molar-refractivity contribution in [2.45, 2.75) is 51.9 Å². The summed E-state index contributed by atoms with van der Waals surface area (Å²) >= 11 is 3.36. The van der Waals surface area contributed by atoms with E-state index in [9.17, 15) is 9.90 Å². The maximum absolute atomic E-state index is 11.8. The average Bonchev–Trinajstić information content (AvgIpc) is 2.44. The van der Waals surface area contributed by atoms with Crippen LogP contribution in [-0.2, 0) is 11.2 Å². The van der Waals surface area contributed by atoms with E-state index in [0.29, 0.717) is 12.3 Å². The summed E-state index contributed by atoms with van der Waals surface area (Å²) in [6.07, 6.45) is 8.36. The Morgan fingerprint density at radius 2 is 2.15 bits per heavy atom. The molecule has 0 unspecified atom stereocenters. The molecule has 1 N–H and O–H groups in total. The van der Waals surface area contributed by atoms with Gasteiger partial charge in [0.05, 0.1) is 5.41 Å². The maximum Gasteiger partial charge on any atom is 0.310 e. The van der Waals surface area contributed by atoms with Crippen LogP contribution in [0.4, 0.5) is 0 Å². The Balaban J connectivity index is 2.08. The molecular weight excluding hydrogens is 318 g/mol. The van der Waals surface area contributed by atoms with Gasteiger partial charge < -0.3 is 5.11 Å². The summed E-state index contributed by atoms with van der Waals surface area (Å²) < 4.78 is 0.928. The first-order valence-corrected chi connectivity index (χ1v) is 8.19. The van der Waals surface area contributed by atoms with E-state index in [0.717, 1.165) is 35.8 Å². The second-order valence-corrected chi connectivity index (χ2v) is 6.88. The van der Waals surface area contributed by atoms with E-state index in [1.165, 1.54) is 12.8 Å². The van der Waals surface area contributed by atoms with Gasteiger partial charge in [0.2, 0.25) is 0 Å². The van der Waals surface area contributed by atoms with Crippen molar-refractivity contribution in [2.24, 2.45) is 11.3 Å². The molecule has 0 bridgehead atoms. The molecule has 1 saturated carbocycles. The van der Waals surface area contributed by atoms with E-state index in [1.807, 2.05) is 12.1 Å². The summed E-state index contributed by atoms with van der Waals surface area (Å²) in [7, 11) is 0. The second kappa shape index (κ2) is 6.70. The maximum atomic E-state index is 11.8. The first-order chi connectivity index (χ1) is 9.55. The summed E-state index contributed by atoms with van der Waals surface area (Å²) in [4.78, 5) is 16.1. The fourth-order valence-corrected chi connectivity index (χ4v) is 3.49. The first-order valence-electron chi connectivity index (χ1n) is 7.39. The lowest BCUT2D eigenvalue weighted by atomic mass is 9.67. The predicted octanol–water partition coefficient (Wildman–Crippen LogP) is 4.45. The van der Waals surface area contributed by atoms with Crippen LogP contribution in [0.25, 0.3) is 0 Å². The third kappa shape index (κ3) is 3.60. The molecule has 0 amide bonds. The number of pyridine rings is 1. The van der Waals surface area contributed by atoms with E-state index >= 15 is 0 Å². The lowest BCUT2D eigenvalue weighted by molar-refractivity contribution is -0.151. The quantitative estimate of drug-likeness (QED) is 0.862. The monoisotopic (exact) mass is 339 g/mol. The van der Waals surface area contributed by atoms with Gasteiger partial charge in [0.15, 0.2) is 0 Å². The Hall–Kier alpha value is -0.900. The van der Waals surface area contributed by atoms with E-state index in [4.69, 9.17) is 0 Å². The number of aliphatic carboxylic acids is 1. The van der Waals surface area contributed by atoms with Crippen molar-refractivity contribution in [1.29, 1.82) is 0 Å². The number of carboxylic acids is 1. The first kappa shape index (κ1) is 15.5. The zero-order valence-corrected chi connectivity index (χ0v) is 13.5. The molecule has 20 heavy (non-hydrogen) atoms. The zero-order valence-electron chi connectivity index (χ0n) is 11.9. The van der Waals surface area contributed by atoms with Gasteiger partial charge in [0.1, 0.15) is 0 Å². The molecule has 1 heterocycles. The standard InChI is InChI=1S/C16H22BrNO2/c1-2-3-12-6-8-16(9-7-12,15(19)20)10-14-5-4-13(17)11-18-14/h4-5,11-12H,2-3,6-10H2,1H3,(H,19,20). The molecule has 2 rings (SSSR count). The van der Waals surface area contributed by atoms with Crippen molar-refractivity contribution < 1.29 is 9.90 Å². The van der Waals surface area contributed by atoms with Gasteiger partial charge in [-0.05, 0) is 59.7 Å². The molecule has 0 aliphatic heterocycles. The van der Waals surface area contributed by atoms with Gasteiger partial charge in [-0.3, -0.25) is 9.78 Å². The van der Waals surface area contributed by atoms with Crippen molar-refractivity contribution in [3.8, 4) is 0 Å². The molecule has 0 spiro atoms. The fraction of sp³-hybridized carbons (Fsp3) is 0.625.